The van der Waals surface area contributed by atoms with Crippen LogP contribution in [0.3, 0.4) is 0 Å². The van der Waals surface area contributed by atoms with E-state index in [4.69, 9.17) is 11.6 Å². The van der Waals surface area contributed by atoms with Gasteiger partial charge in [-0.3, -0.25) is 4.79 Å². The summed E-state index contributed by atoms with van der Waals surface area (Å²) in [6, 6.07) is 0.0109. The first-order valence-electron chi connectivity index (χ1n) is 7.54. The van der Waals surface area contributed by atoms with Crippen molar-refractivity contribution < 1.29 is 0 Å². The lowest BCUT2D eigenvalue weighted by molar-refractivity contribution is 0.240. The fraction of sp³-hybridized carbons (Fsp3) is 0.714. The van der Waals surface area contributed by atoms with Crippen molar-refractivity contribution in [2.45, 2.75) is 26.3 Å². The van der Waals surface area contributed by atoms with Gasteiger partial charge in [-0.15, -0.1) is 0 Å². The molecule has 0 amide bonds. The molecule has 0 atom stereocenters. The van der Waals surface area contributed by atoms with Crippen LogP contribution in [0.5, 0.6) is 0 Å². The lowest BCUT2D eigenvalue weighted by atomic mass is 10.3. The van der Waals surface area contributed by atoms with Crippen LogP contribution in [-0.2, 0) is 0 Å². The molecule has 1 saturated heterocycles. The lowest BCUT2D eigenvalue weighted by Crippen LogP contribution is -2.44. The van der Waals surface area contributed by atoms with Crippen molar-refractivity contribution in [2.75, 3.05) is 44.6 Å². The number of hydrogen-bond acceptors (Lipinski definition) is 5. The minimum atomic E-state index is -0.237. The number of anilines is 1. The molecule has 2 heterocycles. The first-order chi connectivity index (χ1) is 10.1. The van der Waals surface area contributed by atoms with E-state index in [9.17, 15) is 4.79 Å². The van der Waals surface area contributed by atoms with Gasteiger partial charge in [-0.05, 0) is 26.8 Å². The average Bonchev–Trinajstić information content (AvgIpc) is 2.48. The predicted molar refractivity (Wildman–Crippen MR) is 86.3 cm³/mol. The number of nitrogens with zero attached hydrogens (tertiary/aromatic N) is 3. The molecule has 1 aliphatic rings. The molecule has 0 radical (unpaired) electrons. The monoisotopic (exact) mass is 313 g/mol. The molecule has 1 aromatic rings. The fourth-order valence-electron chi connectivity index (χ4n) is 2.40. The summed E-state index contributed by atoms with van der Waals surface area (Å²) in [7, 11) is 0. The van der Waals surface area contributed by atoms with E-state index in [1.165, 1.54) is 4.68 Å². The Morgan fingerprint density at radius 3 is 2.81 bits per heavy atom. The molecule has 0 aliphatic carbocycles. The molecule has 118 valence electrons. The van der Waals surface area contributed by atoms with Crippen molar-refractivity contribution in [3.63, 3.8) is 0 Å². The summed E-state index contributed by atoms with van der Waals surface area (Å²) in [5.74, 6) is 0. The summed E-state index contributed by atoms with van der Waals surface area (Å²) in [6.45, 7) is 10.0. The highest BCUT2D eigenvalue weighted by atomic mass is 35.5. The third-order valence-electron chi connectivity index (χ3n) is 3.61. The number of nitrogens with one attached hydrogen (secondary N) is 2. The molecule has 21 heavy (non-hydrogen) atoms. The Balaban J connectivity index is 1.83. The van der Waals surface area contributed by atoms with E-state index in [0.717, 1.165) is 45.7 Å². The Labute approximate surface area is 130 Å². The van der Waals surface area contributed by atoms with Crippen LogP contribution in [0.15, 0.2) is 11.0 Å². The van der Waals surface area contributed by atoms with Gasteiger partial charge in [-0.2, -0.15) is 5.10 Å². The second-order valence-electron chi connectivity index (χ2n) is 5.59. The average molecular weight is 314 g/mol. The molecule has 1 aliphatic heterocycles. The van der Waals surface area contributed by atoms with Crippen LogP contribution in [0.1, 0.15) is 26.3 Å². The molecule has 6 nitrogen and oxygen atoms in total. The van der Waals surface area contributed by atoms with Crippen molar-refractivity contribution in [3.8, 4) is 0 Å². The van der Waals surface area contributed by atoms with E-state index in [1.807, 2.05) is 13.8 Å². The highest BCUT2D eigenvalue weighted by molar-refractivity contribution is 6.32. The van der Waals surface area contributed by atoms with E-state index in [2.05, 4.69) is 20.6 Å². The SMILES string of the molecule is CC(C)n1ncc(NCCCN2CCNCC2)c(Cl)c1=O. The number of hydrogen-bond donors (Lipinski definition) is 2. The van der Waals surface area contributed by atoms with Gasteiger partial charge >= 0.3 is 0 Å². The van der Waals surface area contributed by atoms with Crippen molar-refractivity contribution in [1.82, 2.24) is 20.0 Å². The Morgan fingerprint density at radius 2 is 2.14 bits per heavy atom. The predicted octanol–water partition coefficient (Wildman–Crippen LogP) is 1.18. The molecular formula is C14H24ClN5O. The van der Waals surface area contributed by atoms with Crippen LogP contribution in [0.25, 0.3) is 0 Å². The topological polar surface area (TPSA) is 62.2 Å². The summed E-state index contributed by atoms with van der Waals surface area (Å²) in [5.41, 5.74) is 0.387. The summed E-state index contributed by atoms with van der Waals surface area (Å²) in [5, 5.41) is 10.9. The van der Waals surface area contributed by atoms with Crippen molar-refractivity contribution in [2.24, 2.45) is 0 Å². The minimum Gasteiger partial charge on any atom is -0.382 e. The number of piperazine rings is 1. The van der Waals surface area contributed by atoms with Crippen LogP contribution in [-0.4, -0.2) is 53.9 Å². The maximum absolute atomic E-state index is 12.0. The normalized spacial score (nSPS) is 16.4. The molecule has 2 N–H and O–H groups in total. The van der Waals surface area contributed by atoms with Crippen LogP contribution in [0.4, 0.5) is 5.69 Å². The van der Waals surface area contributed by atoms with Crippen LogP contribution >= 0.6 is 11.6 Å². The van der Waals surface area contributed by atoms with Gasteiger partial charge in [0, 0.05) is 32.7 Å². The van der Waals surface area contributed by atoms with Crippen molar-refractivity contribution >= 4 is 17.3 Å². The highest BCUT2D eigenvalue weighted by Gasteiger charge is 2.11. The molecular weight excluding hydrogens is 290 g/mol. The van der Waals surface area contributed by atoms with Crippen molar-refractivity contribution in [1.29, 1.82) is 0 Å². The molecule has 0 bridgehead atoms. The molecule has 0 saturated carbocycles. The third kappa shape index (κ3) is 4.43. The second-order valence-corrected chi connectivity index (χ2v) is 5.97. The van der Waals surface area contributed by atoms with Crippen LogP contribution in [0.2, 0.25) is 5.02 Å². The van der Waals surface area contributed by atoms with E-state index >= 15 is 0 Å². The summed E-state index contributed by atoms with van der Waals surface area (Å²) < 4.78 is 1.40. The zero-order valence-corrected chi connectivity index (χ0v) is 13.5. The zero-order valence-electron chi connectivity index (χ0n) is 12.7. The Bertz CT molecular complexity index is 511. The molecule has 1 aromatic heterocycles. The zero-order chi connectivity index (χ0) is 15.2. The van der Waals surface area contributed by atoms with Gasteiger partial charge in [0.05, 0.1) is 17.9 Å². The van der Waals surface area contributed by atoms with Gasteiger partial charge < -0.3 is 15.5 Å². The van der Waals surface area contributed by atoms with Crippen molar-refractivity contribution in [3.05, 3.63) is 21.6 Å². The fourth-order valence-corrected chi connectivity index (χ4v) is 2.60. The van der Waals surface area contributed by atoms with E-state index in [-0.39, 0.29) is 16.6 Å². The standard InChI is InChI=1S/C14H24ClN5O/c1-11(2)20-14(21)13(15)12(10-18-20)17-4-3-7-19-8-5-16-6-9-19/h10-11,16-17H,3-9H2,1-2H3. The first-order valence-corrected chi connectivity index (χ1v) is 7.91. The maximum atomic E-state index is 12.0. The minimum absolute atomic E-state index is 0.0109. The second kappa shape index (κ2) is 7.77. The molecule has 0 aromatic carbocycles. The third-order valence-corrected chi connectivity index (χ3v) is 3.97. The van der Waals surface area contributed by atoms with Gasteiger partial charge in [0.1, 0.15) is 5.02 Å². The van der Waals surface area contributed by atoms with Gasteiger partial charge in [-0.1, -0.05) is 11.6 Å². The number of aromatic nitrogens is 2. The van der Waals surface area contributed by atoms with Crippen LogP contribution < -0.4 is 16.2 Å². The molecule has 7 heteroatoms. The first kappa shape index (κ1) is 16.3. The Kier molecular flexibility index (Phi) is 6.02. The molecule has 1 fully saturated rings. The Morgan fingerprint density at radius 1 is 1.43 bits per heavy atom. The largest absolute Gasteiger partial charge is 0.382 e. The maximum Gasteiger partial charge on any atom is 0.287 e. The van der Waals surface area contributed by atoms with Crippen LogP contribution in [0, 0.1) is 0 Å². The molecule has 0 unspecified atom stereocenters. The van der Waals surface area contributed by atoms with Gasteiger partial charge in [-0.25, -0.2) is 4.68 Å². The van der Waals surface area contributed by atoms with Gasteiger partial charge in [0.2, 0.25) is 0 Å². The lowest BCUT2D eigenvalue weighted by Gasteiger charge is -2.27. The quantitative estimate of drug-likeness (QED) is 0.772. The van der Waals surface area contributed by atoms with Gasteiger partial charge in [0.15, 0.2) is 0 Å². The van der Waals surface area contributed by atoms with E-state index < -0.39 is 0 Å². The number of rotatable bonds is 6. The number of halogens is 1. The smallest absolute Gasteiger partial charge is 0.287 e. The molecule has 0 spiro atoms. The molecule has 2 rings (SSSR count). The summed E-state index contributed by atoms with van der Waals surface area (Å²) in [6.07, 6.45) is 2.65. The van der Waals surface area contributed by atoms with Gasteiger partial charge in [0.25, 0.3) is 5.56 Å². The summed E-state index contributed by atoms with van der Waals surface area (Å²) >= 11 is 6.12. The summed E-state index contributed by atoms with van der Waals surface area (Å²) in [4.78, 5) is 14.5. The van der Waals surface area contributed by atoms with E-state index in [0.29, 0.717) is 5.69 Å². The van der Waals surface area contributed by atoms with E-state index in [1.54, 1.807) is 6.20 Å². The highest BCUT2D eigenvalue weighted by Crippen LogP contribution is 2.16. The Hall–Kier alpha value is -1.11.